The van der Waals surface area contributed by atoms with E-state index in [9.17, 15) is 21.2 Å². The van der Waals surface area contributed by atoms with Gasteiger partial charge in [-0.2, -0.15) is 12.7 Å². The molecule has 9 heteroatoms. The average Bonchev–Trinajstić information content (AvgIpc) is 2.79. The number of hydrogen-bond donors (Lipinski definition) is 0. The van der Waals surface area contributed by atoms with Crippen molar-refractivity contribution in [2.75, 3.05) is 6.54 Å². The van der Waals surface area contributed by atoms with E-state index >= 15 is 0 Å². The molecule has 0 radical (unpaired) electrons. The molecule has 0 fully saturated rings. The third kappa shape index (κ3) is 6.93. The third-order valence-corrected chi connectivity index (χ3v) is 8.60. The summed E-state index contributed by atoms with van der Waals surface area (Å²) in [6.45, 7) is 10.5. The van der Waals surface area contributed by atoms with Gasteiger partial charge in [-0.05, 0) is 71.0 Å². The molecule has 0 aromatic heterocycles. The highest BCUT2D eigenvalue weighted by molar-refractivity contribution is 7.89. The summed E-state index contributed by atoms with van der Waals surface area (Å²) in [5, 5.41) is 0. The van der Waals surface area contributed by atoms with E-state index in [1.807, 2.05) is 26.0 Å². The van der Waals surface area contributed by atoms with E-state index < -0.39 is 26.0 Å². The maximum atomic E-state index is 13.5. The van der Waals surface area contributed by atoms with Gasteiger partial charge >= 0.3 is 10.1 Å². The molecule has 0 spiro atoms. The van der Waals surface area contributed by atoms with Crippen LogP contribution in [0.1, 0.15) is 45.7 Å². The Morgan fingerprint density at radius 1 is 0.806 bits per heavy atom. The number of nitrogens with zero attached hydrogens (tertiary/aromatic N) is 1. The Bertz CT molecular complexity index is 1380. The first-order valence-corrected chi connectivity index (χ1v) is 14.4. The molecule has 0 saturated carbocycles. The molecule has 0 aliphatic rings. The van der Waals surface area contributed by atoms with Crippen LogP contribution in [0.4, 0.5) is 4.39 Å². The number of benzene rings is 3. The quantitative estimate of drug-likeness (QED) is 0.328. The molecule has 3 rings (SSSR count). The summed E-state index contributed by atoms with van der Waals surface area (Å²) in [5.74, 6) is -0.388. The van der Waals surface area contributed by atoms with Crippen LogP contribution in [0.25, 0.3) is 0 Å². The molecule has 0 N–H and O–H groups in total. The summed E-state index contributed by atoms with van der Waals surface area (Å²) in [5.41, 5.74) is 1.63. The van der Waals surface area contributed by atoms with Crippen LogP contribution in [0, 0.1) is 11.7 Å². The van der Waals surface area contributed by atoms with E-state index in [0.717, 1.165) is 29.8 Å². The fourth-order valence-electron chi connectivity index (χ4n) is 3.56. The maximum Gasteiger partial charge on any atom is 0.339 e. The van der Waals surface area contributed by atoms with Gasteiger partial charge in [-0.15, -0.1) is 0 Å². The highest BCUT2D eigenvalue weighted by Gasteiger charge is 2.26. The Hall–Kier alpha value is -2.75. The lowest BCUT2D eigenvalue weighted by molar-refractivity contribution is 0.362. The van der Waals surface area contributed by atoms with Crippen LogP contribution >= 0.6 is 0 Å². The van der Waals surface area contributed by atoms with Crippen LogP contribution in [0.5, 0.6) is 5.75 Å². The van der Waals surface area contributed by atoms with Crippen LogP contribution in [0.3, 0.4) is 0 Å². The Balaban J connectivity index is 1.80. The Labute approximate surface area is 213 Å². The molecule has 36 heavy (non-hydrogen) atoms. The van der Waals surface area contributed by atoms with Crippen molar-refractivity contribution in [2.45, 2.75) is 56.4 Å². The summed E-state index contributed by atoms with van der Waals surface area (Å²) < 4.78 is 71.5. The van der Waals surface area contributed by atoms with Crippen molar-refractivity contribution >= 4 is 20.1 Å². The molecular formula is C27H32FNO5S2. The lowest BCUT2D eigenvalue weighted by Crippen LogP contribution is -2.33. The van der Waals surface area contributed by atoms with E-state index in [4.69, 9.17) is 4.18 Å². The Morgan fingerprint density at radius 3 is 1.83 bits per heavy atom. The molecule has 0 bridgehead atoms. The fourth-order valence-corrected chi connectivity index (χ4v) is 6.08. The highest BCUT2D eigenvalue weighted by atomic mass is 32.2. The molecular weight excluding hydrogens is 501 g/mol. The van der Waals surface area contributed by atoms with Gasteiger partial charge in [-0.25, -0.2) is 12.8 Å². The van der Waals surface area contributed by atoms with Gasteiger partial charge in [0.15, 0.2) is 0 Å². The summed E-state index contributed by atoms with van der Waals surface area (Å²) in [7, 11) is -7.89. The van der Waals surface area contributed by atoms with Crippen LogP contribution in [0.15, 0.2) is 82.6 Å². The van der Waals surface area contributed by atoms with Gasteiger partial charge < -0.3 is 4.18 Å². The number of rotatable bonds is 9. The van der Waals surface area contributed by atoms with Crippen LogP contribution < -0.4 is 4.18 Å². The zero-order chi connectivity index (χ0) is 26.7. The van der Waals surface area contributed by atoms with Gasteiger partial charge in [0.05, 0.1) is 4.90 Å². The van der Waals surface area contributed by atoms with Crippen LogP contribution in [-0.4, -0.2) is 27.7 Å². The van der Waals surface area contributed by atoms with Crippen LogP contribution in [-0.2, 0) is 32.1 Å². The molecule has 0 unspecified atom stereocenters. The Kier molecular flexibility index (Phi) is 8.27. The molecule has 6 nitrogen and oxygen atoms in total. The van der Waals surface area contributed by atoms with Gasteiger partial charge in [-0.1, -0.05) is 58.9 Å². The molecule has 3 aromatic rings. The van der Waals surface area contributed by atoms with E-state index in [1.165, 1.54) is 16.4 Å². The first-order valence-electron chi connectivity index (χ1n) is 11.6. The first kappa shape index (κ1) is 27.8. The van der Waals surface area contributed by atoms with E-state index in [1.54, 1.807) is 24.3 Å². The number of hydrogen-bond acceptors (Lipinski definition) is 5. The van der Waals surface area contributed by atoms with Gasteiger partial charge in [0.25, 0.3) is 0 Å². The smallest absolute Gasteiger partial charge is 0.339 e. The molecule has 194 valence electrons. The SMILES string of the molecule is CC(C)CN(Cc1ccc(OS(=O)(=O)c2ccc(F)cc2)cc1)S(=O)(=O)c1ccc(C(C)(C)C)cc1. The van der Waals surface area contributed by atoms with Gasteiger partial charge in [0.2, 0.25) is 10.0 Å². The lowest BCUT2D eigenvalue weighted by atomic mass is 9.87. The monoisotopic (exact) mass is 533 g/mol. The van der Waals surface area contributed by atoms with Crippen molar-refractivity contribution in [3.05, 3.63) is 89.7 Å². The first-order chi connectivity index (χ1) is 16.7. The lowest BCUT2D eigenvalue weighted by Gasteiger charge is -2.25. The molecule has 0 aliphatic carbocycles. The minimum atomic E-state index is -4.13. The number of halogens is 1. The summed E-state index contributed by atoms with van der Waals surface area (Å²) in [4.78, 5) is 0.0566. The normalized spacial score (nSPS) is 12.8. The molecule has 0 saturated heterocycles. The van der Waals surface area contributed by atoms with Crippen LogP contribution in [0.2, 0.25) is 0 Å². The van der Waals surface area contributed by atoms with Crippen molar-refractivity contribution in [3.63, 3.8) is 0 Å². The summed E-state index contributed by atoms with van der Waals surface area (Å²) >= 11 is 0. The topological polar surface area (TPSA) is 80.8 Å². The molecule has 0 amide bonds. The largest absolute Gasteiger partial charge is 0.379 e. The second-order valence-corrected chi connectivity index (χ2v) is 13.6. The van der Waals surface area contributed by atoms with Crippen molar-refractivity contribution in [2.24, 2.45) is 5.92 Å². The molecule has 3 aromatic carbocycles. The summed E-state index contributed by atoms with van der Waals surface area (Å²) in [6.07, 6.45) is 0. The highest BCUT2D eigenvalue weighted by Crippen LogP contribution is 2.26. The van der Waals surface area contributed by atoms with Crippen molar-refractivity contribution < 1.29 is 25.4 Å². The van der Waals surface area contributed by atoms with E-state index in [2.05, 4.69) is 20.8 Å². The van der Waals surface area contributed by atoms with Gasteiger partial charge in [-0.3, -0.25) is 0 Å². The van der Waals surface area contributed by atoms with Gasteiger partial charge in [0.1, 0.15) is 16.5 Å². The zero-order valence-corrected chi connectivity index (χ0v) is 22.7. The molecule has 0 heterocycles. The second kappa shape index (κ2) is 10.7. The Morgan fingerprint density at radius 2 is 1.33 bits per heavy atom. The molecule has 0 atom stereocenters. The zero-order valence-electron chi connectivity index (χ0n) is 21.1. The predicted molar refractivity (Wildman–Crippen MR) is 138 cm³/mol. The van der Waals surface area contributed by atoms with Crippen molar-refractivity contribution in [3.8, 4) is 5.75 Å². The minimum absolute atomic E-state index is 0.0686. The van der Waals surface area contributed by atoms with Gasteiger partial charge in [0, 0.05) is 13.1 Å². The number of sulfonamides is 1. The van der Waals surface area contributed by atoms with E-state index in [0.29, 0.717) is 12.1 Å². The van der Waals surface area contributed by atoms with Crippen molar-refractivity contribution in [1.82, 2.24) is 4.31 Å². The van der Waals surface area contributed by atoms with Crippen molar-refractivity contribution in [1.29, 1.82) is 0 Å². The summed E-state index contributed by atoms with van der Waals surface area (Å²) in [6, 6.07) is 17.5. The predicted octanol–water partition coefficient (Wildman–Crippen LogP) is 5.74. The minimum Gasteiger partial charge on any atom is -0.379 e. The average molecular weight is 534 g/mol. The maximum absolute atomic E-state index is 13.5. The van der Waals surface area contributed by atoms with E-state index in [-0.39, 0.29) is 33.4 Å². The standard InChI is InChI=1S/C27H32FNO5S2/c1-20(2)18-29(35(30,31)25-14-8-22(9-15-25)27(3,4)5)19-21-6-12-24(13-7-21)34-36(32,33)26-16-10-23(28)11-17-26/h6-17,20H,18-19H2,1-5H3. The second-order valence-electron chi connectivity index (χ2n) is 10.1. The third-order valence-electron chi connectivity index (χ3n) is 5.52. The molecule has 0 aliphatic heterocycles. The fraction of sp³-hybridized carbons (Fsp3) is 0.333.